The molecule has 1 aliphatic heterocycles. The van der Waals surface area contributed by atoms with E-state index in [1.165, 1.54) is 4.80 Å². The van der Waals surface area contributed by atoms with E-state index in [2.05, 4.69) is 20.7 Å². The largest absolute Gasteiger partial charge is 0.485 e. The zero-order chi connectivity index (χ0) is 15.9. The van der Waals surface area contributed by atoms with E-state index in [0.29, 0.717) is 24.9 Å². The van der Waals surface area contributed by atoms with Gasteiger partial charge in [0.2, 0.25) is 11.7 Å². The van der Waals surface area contributed by atoms with Crippen LogP contribution in [0.1, 0.15) is 12.2 Å². The summed E-state index contributed by atoms with van der Waals surface area (Å²) in [6.07, 6.45) is 0.989. The second kappa shape index (κ2) is 7.68. The highest BCUT2D eigenvalue weighted by Gasteiger charge is 2.16. The van der Waals surface area contributed by atoms with E-state index < -0.39 is 0 Å². The molecule has 23 heavy (non-hydrogen) atoms. The molecule has 8 heteroatoms. The molecule has 1 amide bonds. The Bertz CT molecular complexity index is 625. The lowest BCUT2D eigenvalue weighted by molar-refractivity contribution is -0.122. The van der Waals surface area contributed by atoms with Crippen LogP contribution in [0.5, 0.6) is 5.75 Å². The minimum absolute atomic E-state index is 0.0475. The van der Waals surface area contributed by atoms with Crippen LogP contribution in [0.3, 0.4) is 0 Å². The molecule has 1 saturated heterocycles. The average molecular weight is 317 g/mol. The molecule has 0 bridgehead atoms. The van der Waals surface area contributed by atoms with Crippen LogP contribution in [0.2, 0.25) is 0 Å². The maximum Gasteiger partial charge on any atom is 0.243 e. The first-order valence-corrected chi connectivity index (χ1v) is 7.58. The first-order valence-electron chi connectivity index (χ1n) is 7.58. The first-order chi connectivity index (χ1) is 11.3. The van der Waals surface area contributed by atoms with Gasteiger partial charge in [-0.2, -0.15) is 4.80 Å². The number of amides is 1. The van der Waals surface area contributed by atoms with Gasteiger partial charge in [-0.3, -0.25) is 4.79 Å². The second-order valence-corrected chi connectivity index (χ2v) is 5.37. The average Bonchev–Trinajstić information content (AvgIpc) is 3.24. The van der Waals surface area contributed by atoms with E-state index in [-0.39, 0.29) is 19.1 Å². The molecule has 1 aromatic heterocycles. The molecule has 8 nitrogen and oxygen atoms in total. The van der Waals surface area contributed by atoms with E-state index in [4.69, 9.17) is 9.47 Å². The highest BCUT2D eigenvalue weighted by molar-refractivity contribution is 5.75. The fraction of sp³-hybridized carbons (Fsp3) is 0.467. The normalized spacial score (nSPS) is 17.1. The molecule has 0 spiro atoms. The molecule has 1 fully saturated rings. The van der Waals surface area contributed by atoms with Crippen molar-refractivity contribution in [2.24, 2.45) is 5.92 Å². The molecule has 0 unspecified atom stereocenters. The number of ether oxygens (including phenoxy) is 2. The molecule has 1 aliphatic rings. The predicted molar refractivity (Wildman–Crippen MR) is 80.5 cm³/mol. The number of nitrogens with zero attached hydrogens (tertiary/aromatic N) is 4. The summed E-state index contributed by atoms with van der Waals surface area (Å²) in [5.74, 6) is 1.44. The fourth-order valence-electron chi connectivity index (χ4n) is 2.25. The van der Waals surface area contributed by atoms with Crippen molar-refractivity contribution in [1.29, 1.82) is 0 Å². The van der Waals surface area contributed by atoms with Crippen molar-refractivity contribution < 1.29 is 14.3 Å². The number of hydrogen-bond acceptors (Lipinski definition) is 6. The number of carbonyl (C=O) groups is 1. The lowest BCUT2D eigenvalue weighted by atomic mass is 10.1. The Kier molecular flexibility index (Phi) is 5.15. The number of hydrogen-bond donors (Lipinski definition) is 1. The lowest BCUT2D eigenvalue weighted by Gasteiger charge is -2.08. The SMILES string of the molecule is O=C(Cn1nnc(COc2ccccc2)n1)NC[C@@H]1CCOC1. The smallest absolute Gasteiger partial charge is 0.243 e. The molecule has 2 heterocycles. The van der Waals surface area contributed by atoms with Crippen LogP contribution in [-0.4, -0.2) is 45.9 Å². The lowest BCUT2D eigenvalue weighted by Crippen LogP contribution is -2.32. The van der Waals surface area contributed by atoms with Gasteiger partial charge < -0.3 is 14.8 Å². The van der Waals surface area contributed by atoms with E-state index in [1.807, 2.05) is 30.3 Å². The van der Waals surface area contributed by atoms with Gasteiger partial charge in [0.15, 0.2) is 6.61 Å². The van der Waals surface area contributed by atoms with E-state index in [0.717, 1.165) is 18.8 Å². The minimum Gasteiger partial charge on any atom is -0.485 e. The van der Waals surface area contributed by atoms with Gasteiger partial charge in [0.05, 0.1) is 6.61 Å². The molecule has 1 aromatic carbocycles. The molecule has 2 aromatic rings. The predicted octanol–water partition coefficient (Wildman–Crippen LogP) is 0.405. The van der Waals surface area contributed by atoms with Crippen molar-refractivity contribution in [2.75, 3.05) is 19.8 Å². The van der Waals surface area contributed by atoms with Gasteiger partial charge in [-0.15, -0.1) is 10.2 Å². The Balaban J connectivity index is 1.42. The zero-order valence-corrected chi connectivity index (χ0v) is 12.7. The summed E-state index contributed by atoms with van der Waals surface area (Å²) >= 11 is 0. The van der Waals surface area contributed by atoms with Crippen molar-refractivity contribution in [1.82, 2.24) is 25.5 Å². The molecular formula is C15H19N5O3. The quantitative estimate of drug-likeness (QED) is 0.795. The van der Waals surface area contributed by atoms with Gasteiger partial charge >= 0.3 is 0 Å². The Labute approximate surface area is 133 Å². The maximum atomic E-state index is 11.8. The summed E-state index contributed by atoms with van der Waals surface area (Å²) in [5, 5.41) is 14.7. The van der Waals surface area contributed by atoms with Crippen molar-refractivity contribution in [3.05, 3.63) is 36.2 Å². The molecule has 0 saturated carbocycles. The van der Waals surface area contributed by atoms with Gasteiger partial charge in [-0.1, -0.05) is 18.2 Å². The number of rotatable bonds is 7. The Morgan fingerprint density at radius 3 is 3.04 bits per heavy atom. The van der Waals surface area contributed by atoms with Crippen LogP contribution in [0.15, 0.2) is 30.3 Å². The molecule has 1 atom stereocenters. The Hall–Kier alpha value is -2.48. The van der Waals surface area contributed by atoms with Gasteiger partial charge in [-0.25, -0.2) is 0 Å². The van der Waals surface area contributed by atoms with E-state index in [9.17, 15) is 4.79 Å². The van der Waals surface area contributed by atoms with Crippen LogP contribution in [0.4, 0.5) is 0 Å². The fourth-order valence-corrected chi connectivity index (χ4v) is 2.25. The number of nitrogens with one attached hydrogen (secondary N) is 1. The minimum atomic E-state index is -0.134. The zero-order valence-electron chi connectivity index (χ0n) is 12.7. The van der Waals surface area contributed by atoms with Crippen LogP contribution >= 0.6 is 0 Å². The van der Waals surface area contributed by atoms with E-state index in [1.54, 1.807) is 0 Å². The molecule has 0 radical (unpaired) electrons. The van der Waals surface area contributed by atoms with Crippen molar-refractivity contribution >= 4 is 5.91 Å². The number of para-hydroxylation sites is 1. The van der Waals surface area contributed by atoms with Gasteiger partial charge in [0, 0.05) is 19.1 Å². The molecule has 0 aliphatic carbocycles. The number of aromatic nitrogens is 4. The van der Waals surface area contributed by atoms with Crippen LogP contribution in [0, 0.1) is 5.92 Å². The van der Waals surface area contributed by atoms with Crippen molar-refractivity contribution in [3.63, 3.8) is 0 Å². The summed E-state index contributed by atoms with van der Waals surface area (Å²) in [4.78, 5) is 13.1. The van der Waals surface area contributed by atoms with Gasteiger partial charge in [-0.05, 0) is 23.8 Å². The number of carbonyl (C=O) groups excluding carboxylic acids is 1. The molecule has 3 rings (SSSR count). The molecule has 1 N–H and O–H groups in total. The summed E-state index contributed by atoms with van der Waals surface area (Å²) in [6, 6.07) is 9.39. The van der Waals surface area contributed by atoms with Gasteiger partial charge in [0.1, 0.15) is 12.3 Å². The third kappa shape index (κ3) is 4.75. The van der Waals surface area contributed by atoms with Crippen LogP contribution < -0.4 is 10.1 Å². The monoisotopic (exact) mass is 317 g/mol. The third-order valence-corrected chi connectivity index (χ3v) is 3.50. The highest BCUT2D eigenvalue weighted by Crippen LogP contribution is 2.10. The Morgan fingerprint density at radius 1 is 1.39 bits per heavy atom. The van der Waals surface area contributed by atoms with Crippen LogP contribution in [-0.2, 0) is 22.7 Å². The molecule has 122 valence electrons. The topological polar surface area (TPSA) is 91.2 Å². The number of benzene rings is 1. The van der Waals surface area contributed by atoms with E-state index >= 15 is 0 Å². The standard InChI is InChI=1S/C15H19N5O3/c21-15(16-8-12-6-7-22-10-12)9-20-18-14(17-19-20)11-23-13-4-2-1-3-5-13/h1-5,12H,6-11H2,(H,16,21)/t12-/m0/s1. The maximum absolute atomic E-state index is 11.8. The van der Waals surface area contributed by atoms with Gasteiger partial charge in [0.25, 0.3) is 0 Å². The molecular weight excluding hydrogens is 298 g/mol. The number of tetrazole rings is 1. The summed E-state index contributed by atoms with van der Waals surface area (Å²) < 4.78 is 10.8. The van der Waals surface area contributed by atoms with Crippen LogP contribution in [0.25, 0.3) is 0 Å². The van der Waals surface area contributed by atoms with Crippen molar-refractivity contribution in [2.45, 2.75) is 19.6 Å². The third-order valence-electron chi connectivity index (χ3n) is 3.50. The highest BCUT2D eigenvalue weighted by atomic mass is 16.5. The second-order valence-electron chi connectivity index (χ2n) is 5.37. The summed E-state index contributed by atoms with van der Waals surface area (Å²) in [5.41, 5.74) is 0. The van der Waals surface area contributed by atoms with Crippen molar-refractivity contribution in [3.8, 4) is 5.75 Å². The summed E-state index contributed by atoms with van der Waals surface area (Å²) in [6.45, 7) is 2.37. The Morgan fingerprint density at radius 2 is 2.26 bits per heavy atom. The first kappa shape index (κ1) is 15.4. The summed E-state index contributed by atoms with van der Waals surface area (Å²) in [7, 11) is 0.